The number of carbonyl (C=O) groups excluding carboxylic acids is 1. The summed E-state index contributed by atoms with van der Waals surface area (Å²) in [6.07, 6.45) is -0.292. The van der Waals surface area contributed by atoms with Gasteiger partial charge in [0.25, 0.3) is 0 Å². The van der Waals surface area contributed by atoms with E-state index in [1.165, 1.54) is 4.31 Å². The molecule has 0 aromatic carbocycles. The Balaban J connectivity index is 2.29. The third-order valence-corrected chi connectivity index (χ3v) is 4.20. The first-order valence-electron chi connectivity index (χ1n) is 5.60. The Morgan fingerprint density at radius 3 is 2.53 bits per heavy atom. The number of ether oxygens (including phenoxy) is 1. The van der Waals surface area contributed by atoms with Crippen LogP contribution in [0.25, 0.3) is 0 Å². The standard InChI is InChI=1S/C9H16N2O7S/c12-8(10-18-7-9(13)14)1-6-19(15,16)11-2-4-17-5-3-11/h1-7H2,(H,10,12)(H,13,14). The Kier molecular flexibility index (Phi) is 6.15. The van der Waals surface area contributed by atoms with E-state index in [2.05, 4.69) is 4.84 Å². The molecule has 0 bridgehead atoms. The van der Waals surface area contributed by atoms with Crippen molar-refractivity contribution in [3.8, 4) is 0 Å². The summed E-state index contributed by atoms with van der Waals surface area (Å²) in [4.78, 5) is 25.7. The number of hydrogen-bond acceptors (Lipinski definition) is 6. The average molecular weight is 296 g/mol. The summed E-state index contributed by atoms with van der Waals surface area (Å²) in [5.74, 6) is -2.27. The summed E-state index contributed by atoms with van der Waals surface area (Å²) >= 11 is 0. The number of carboxylic acids is 1. The number of nitrogens with zero attached hydrogens (tertiary/aromatic N) is 1. The van der Waals surface area contributed by atoms with Gasteiger partial charge >= 0.3 is 5.97 Å². The van der Waals surface area contributed by atoms with E-state index in [4.69, 9.17) is 9.84 Å². The molecule has 1 aliphatic heterocycles. The number of amides is 1. The fourth-order valence-electron chi connectivity index (χ4n) is 1.40. The molecule has 9 nitrogen and oxygen atoms in total. The van der Waals surface area contributed by atoms with Crippen LogP contribution in [-0.4, -0.2) is 68.4 Å². The van der Waals surface area contributed by atoms with Crippen LogP contribution in [0.15, 0.2) is 0 Å². The number of aliphatic carboxylic acids is 1. The summed E-state index contributed by atoms with van der Waals surface area (Å²) in [5.41, 5.74) is 1.86. The van der Waals surface area contributed by atoms with Crippen LogP contribution < -0.4 is 5.48 Å². The molecule has 110 valence electrons. The van der Waals surface area contributed by atoms with E-state index in [9.17, 15) is 18.0 Å². The van der Waals surface area contributed by atoms with Crippen LogP contribution in [0, 0.1) is 0 Å². The lowest BCUT2D eigenvalue weighted by molar-refractivity contribution is -0.149. The number of carbonyl (C=O) groups is 2. The van der Waals surface area contributed by atoms with Gasteiger partial charge in [-0.2, -0.15) is 4.31 Å². The van der Waals surface area contributed by atoms with Gasteiger partial charge in [0.2, 0.25) is 15.9 Å². The third kappa shape index (κ3) is 5.96. The van der Waals surface area contributed by atoms with Crippen LogP contribution in [0.5, 0.6) is 0 Å². The number of rotatable bonds is 7. The van der Waals surface area contributed by atoms with Crippen molar-refractivity contribution in [3.05, 3.63) is 0 Å². The molecular formula is C9H16N2O7S. The van der Waals surface area contributed by atoms with Crippen LogP contribution in [0.2, 0.25) is 0 Å². The molecule has 2 N–H and O–H groups in total. The Hall–Kier alpha value is -1.23. The monoisotopic (exact) mass is 296 g/mol. The predicted octanol–water partition coefficient (Wildman–Crippen LogP) is -1.83. The maximum atomic E-state index is 11.8. The molecule has 0 spiro atoms. The van der Waals surface area contributed by atoms with Crippen LogP contribution >= 0.6 is 0 Å². The highest BCUT2D eigenvalue weighted by atomic mass is 32.2. The summed E-state index contributed by atoms with van der Waals surface area (Å²) in [7, 11) is -3.50. The first-order valence-corrected chi connectivity index (χ1v) is 7.21. The second-order valence-corrected chi connectivity index (χ2v) is 5.87. The maximum Gasteiger partial charge on any atom is 0.332 e. The normalized spacial score (nSPS) is 17.1. The second kappa shape index (κ2) is 7.38. The van der Waals surface area contributed by atoms with Gasteiger partial charge in [0.1, 0.15) is 0 Å². The Morgan fingerprint density at radius 2 is 1.95 bits per heavy atom. The molecule has 0 unspecified atom stereocenters. The first-order chi connectivity index (χ1) is 8.92. The van der Waals surface area contributed by atoms with Gasteiger partial charge in [-0.05, 0) is 0 Å². The van der Waals surface area contributed by atoms with Gasteiger partial charge in [0.15, 0.2) is 6.61 Å². The van der Waals surface area contributed by atoms with E-state index >= 15 is 0 Å². The summed E-state index contributed by atoms with van der Waals surface area (Å²) in [6, 6.07) is 0. The molecule has 0 atom stereocenters. The maximum absolute atomic E-state index is 11.8. The molecule has 1 heterocycles. The zero-order chi connectivity index (χ0) is 14.3. The summed E-state index contributed by atoms with van der Waals surface area (Å²) in [5, 5.41) is 8.27. The molecule has 1 rings (SSSR count). The van der Waals surface area contributed by atoms with Gasteiger partial charge in [-0.25, -0.2) is 18.7 Å². The predicted molar refractivity (Wildman–Crippen MR) is 62.5 cm³/mol. The lowest BCUT2D eigenvalue weighted by atomic mass is 10.5. The highest BCUT2D eigenvalue weighted by Gasteiger charge is 2.24. The molecule has 1 aliphatic rings. The first kappa shape index (κ1) is 15.8. The van der Waals surface area contributed by atoms with Gasteiger partial charge in [0, 0.05) is 19.5 Å². The minimum absolute atomic E-state index is 0.277. The molecule has 0 saturated carbocycles. The fraction of sp³-hybridized carbons (Fsp3) is 0.778. The summed E-state index contributed by atoms with van der Waals surface area (Å²) < 4.78 is 30.0. The van der Waals surface area contributed by atoms with Crippen LogP contribution in [-0.2, 0) is 29.2 Å². The number of hydroxylamine groups is 1. The second-order valence-electron chi connectivity index (χ2n) is 3.79. The largest absolute Gasteiger partial charge is 0.479 e. The molecule has 10 heteroatoms. The number of sulfonamides is 1. The Labute approximate surface area is 110 Å². The molecule has 1 fully saturated rings. The lowest BCUT2D eigenvalue weighted by Gasteiger charge is -2.25. The quantitative estimate of drug-likeness (QED) is 0.530. The zero-order valence-electron chi connectivity index (χ0n) is 10.2. The molecule has 0 aromatic heterocycles. The van der Waals surface area contributed by atoms with Crippen LogP contribution in [0.3, 0.4) is 0 Å². The van der Waals surface area contributed by atoms with Gasteiger partial charge in [-0.1, -0.05) is 0 Å². The SMILES string of the molecule is O=C(O)CONC(=O)CCS(=O)(=O)N1CCOCC1. The summed E-state index contributed by atoms with van der Waals surface area (Å²) in [6.45, 7) is 0.557. The smallest absolute Gasteiger partial charge is 0.332 e. The van der Waals surface area contributed by atoms with E-state index < -0.39 is 28.5 Å². The zero-order valence-corrected chi connectivity index (χ0v) is 11.0. The van der Waals surface area contributed by atoms with Crippen LogP contribution in [0.1, 0.15) is 6.42 Å². The molecule has 0 aromatic rings. The molecule has 1 saturated heterocycles. The van der Waals surface area contributed by atoms with Gasteiger partial charge in [0.05, 0.1) is 19.0 Å². The molecule has 0 aliphatic carbocycles. The van der Waals surface area contributed by atoms with Crippen molar-refractivity contribution in [1.29, 1.82) is 0 Å². The van der Waals surface area contributed by atoms with E-state index in [1.807, 2.05) is 5.48 Å². The number of hydrogen-bond donors (Lipinski definition) is 2. The number of morpholine rings is 1. The van der Waals surface area contributed by atoms with Crippen molar-refractivity contribution in [1.82, 2.24) is 9.79 Å². The van der Waals surface area contributed by atoms with Crippen molar-refractivity contribution in [2.24, 2.45) is 0 Å². The molecular weight excluding hydrogens is 280 g/mol. The topological polar surface area (TPSA) is 122 Å². The van der Waals surface area contributed by atoms with Crippen molar-refractivity contribution in [2.75, 3.05) is 38.7 Å². The highest BCUT2D eigenvalue weighted by molar-refractivity contribution is 7.89. The number of nitrogens with one attached hydrogen (secondary N) is 1. The van der Waals surface area contributed by atoms with Gasteiger partial charge in [-0.3, -0.25) is 9.63 Å². The van der Waals surface area contributed by atoms with E-state index in [1.54, 1.807) is 0 Å². The van der Waals surface area contributed by atoms with Crippen molar-refractivity contribution >= 4 is 21.9 Å². The van der Waals surface area contributed by atoms with Crippen LogP contribution in [0.4, 0.5) is 0 Å². The fourth-order valence-corrected chi connectivity index (χ4v) is 2.81. The lowest BCUT2D eigenvalue weighted by Crippen LogP contribution is -2.42. The van der Waals surface area contributed by atoms with Crippen molar-refractivity contribution in [3.63, 3.8) is 0 Å². The van der Waals surface area contributed by atoms with Gasteiger partial charge < -0.3 is 9.84 Å². The minimum Gasteiger partial charge on any atom is -0.479 e. The Morgan fingerprint density at radius 1 is 1.32 bits per heavy atom. The van der Waals surface area contributed by atoms with Crippen molar-refractivity contribution in [2.45, 2.75) is 6.42 Å². The van der Waals surface area contributed by atoms with Gasteiger partial charge in [-0.15, -0.1) is 0 Å². The highest BCUT2D eigenvalue weighted by Crippen LogP contribution is 2.06. The number of carboxylic acid groups (broad SMARTS) is 1. The van der Waals surface area contributed by atoms with E-state index in [0.717, 1.165) is 0 Å². The molecule has 19 heavy (non-hydrogen) atoms. The van der Waals surface area contributed by atoms with E-state index in [0.29, 0.717) is 13.2 Å². The third-order valence-electron chi connectivity index (χ3n) is 2.33. The minimum atomic E-state index is -3.50. The average Bonchev–Trinajstić information content (AvgIpc) is 2.37. The van der Waals surface area contributed by atoms with E-state index in [-0.39, 0.29) is 25.3 Å². The molecule has 0 radical (unpaired) electrons. The molecule has 1 amide bonds. The Bertz CT molecular complexity index is 416. The van der Waals surface area contributed by atoms with Crippen molar-refractivity contribution < 1.29 is 32.7 Å².